The van der Waals surface area contributed by atoms with Gasteiger partial charge in [0.25, 0.3) is 0 Å². The summed E-state index contributed by atoms with van der Waals surface area (Å²) in [5, 5.41) is 5.42. The van der Waals surface area contributed by atoms with E-state index in [0.29, 0.717) is 6.04 Å². The van der Waals surface area contributed by atoms with Crippen LogP contribution in [-0.2, 0) is 4.79 Å². The molecule has 0 spiro atoms. The van der Waals surface area contributed by atoms with Gasteiger partial charge in [0, 0.05) is 10.9 Å². The Bertz CT molecular complexity index is 342. The van der Waals surface area contributed by atoms with Crippen molar-refractivity contribution in [2.75, 3.05) is 0 Å². The minimum absolute atomic E-state index is 0.267. The summed E-state index contributed by atoms with van der Waals surface area (Å²) in [7, 11) is 0. The van der Waals surface area contributed by atoms with Crippen LogP contribution in [0.1, 0.15) is 49.4 Å². The average molecular weight is 252 g/mol. The number of carbonyl (C=O) groups excluding carboxylic acids is 1. The molecule has 1 saturated carbocycles. The van der Waals surface area contributed by atoms with E-state index in [9.17, 15) is 4.79 Å². The molecule has 3 nitrogen and oxygen atoms in total. The van der Waals surface area contributed by atoms with Crippen LogP contribution in [0.3, 0.4) is 0 Å². The predicted octanol–water partition coefficient (Wildman–Crippen LogP) is 2.59. The lowest BCUT2D eigenvalue weighted by atomic mass is 10.1. The van der Waals surface area contributed by atoms with Gasteiger partial charge in [-0.2, -0.15) is 0 Å². The van der Waals surface area contributed by atoms with E-state index < -0.39 is 0 Å². The number of nitrogens with one attached hydrogen (secondary N) is 1. The minimum Gasteiger partial charge on any atom is -0.368 e. The van der Waals surface area contributed by atoms with E-state index in [1.165, 1.54) is 25.7 Å². The first-order valence-electron chi connectivity index (χ1n) is 6.36. The van der Waals surface area contributed by atoms with Gasteiger partial charge in [-0.05, 0) is 24.3 Å². The highest BCUT2D eigenvalue weighted by Crippen LogP contribution is 2.23. The summed E-state index contributed by atoms with van der Waals surface area (Å²) in [6, 6.07) is 4.07. The fourth-order valence-electron chi connectivity index (χ4n) is 2.44. The van der Waals surface area contributed by atoms with Crippen molar-refractivity contribution >= 4 is 17.2 Å². The molecule has 0 bridgehead atoms. The fraction of sp³-hybridized carbons (Fsp3) is 0.615. The molecule has 0 saturated heterocycles. The van der Waals surface area contributed by atoms with Crippen molar-refractivity contribution in [2.24, 2.45) is 5.73 Å². The zero-order valence-electron chi connectivity index (χ0n) is 10.0. The van der Waals surface area contributed by atoms with Crippen LogP contribution in [-0.4, -0.2) is 11.9 Å². The number of amides is 1. The van der Waals surface area contributed by atoms with Crippen LogP contribution in [0.25, 0.3) is 0 Å². The van der Waals surface area contributed by atoms with Gasteiger partial charge in [-0.25, -0.2) is 0 Å². The molecule has 0 aliphatic heterocycles. The van der Waals surface area contributed by atoms with Gasteiger partial charge in [0.15, 0.2) is 0 Å². The monoisotopic (exact) mass is 252 g/mol. The number of primary amides is 1. The molecule has 94 valence electrons. The topological polar surface area (TPSA) is 55.1 Å². The molecule has 1 aromatic rings. The molecule has 2 rings (SSSR count). The quantitative estimate of drug-likeness (QED) is 0.809. The Morgan fingerprint density at radius 1 is 1.35 bits per heavy atom. The van der Waals surface area contributed by atoms with Crippen LogP contribution in [0, 0.1) is 0 Å². The number of hydrogen-bond donors (Lipinski definition) is 2. The Morgan fingerprint density at radius 3 is 2.59 bits per heavy atom. The number of rotatable bonds is 4. The highest BCUT2D eigenvalue weighted by molar-refractivity contribution is 7.10. The molecule has 0 radical (unpaired) electrons. The number of thiophene rings is 1. The first-order chi connectivity index (χ1) is 8.27. The second kappa shape index (κ2) is 6.17. The maximum Gasteiger partial charge on any atom is 0.240 e. The van der Waals surface area contributed by atoms with Crippen molar-refractivity contribution in [3.63, 3.8) is 0 Å². The second-order valence-electron chi connectivity index (χ2n) is 4.71. The summed E-state index contributed by atoms with van der Waals surface area (Å²) in [5.41, 5.74) is 5.49. The first kappa shape index (κ1) is 12.6. The van der Waals surface area contributed by atoms with Crippen molar-refractivity contribution in [1.29, 1.82) is 0 Å². The normalized spacial score (nSPS) is 19.8. The Kier molecular flexibility index (Phi) is 4.57. The smallest absolute Gasteiger partial charge is 0.240 e. The van der Waals surface area contributed by atoms with Gasteiger partial charge in [-0.3, -0.25) is 10.1 Å². The first-order valence-corrected chi connectivity index (χ1v) is 7.24. The highest BCUT2D eigenvalue weighted by atomic mass is 32.1. The van der Waals surface area contributed by atoms with Gasteiger partial charge >= 0.3 is 0 Å². The molecule has 0 aromatic carbocycles. The second-order valence-corrected chi connectivity index (χ2v) is 5.69. The van der Waals surface area contributed by atoms with Crippen molar-refractivity contribution < 1.29 is 4.79 Å². The summed E-state index contributed by atoms with van der Waals surface area (Å²) in [6.07, 6.45) is 7.47. The summed E-state index contributed by atoms with van der Waals surface area (Å²) in [6.45, 7) is 0. The molecule has 1 atom stereocenters. The lowest BCUT2D eigenvalue weighted by molar-refractivity contribution is -0.120. The zero-order chi connectivity index (χ0) is 12.1. The maximum absolute atomic E-state index is 11.5. The van der Waals surface area contributed by atoms with Crippen molar-refractivity contribution in [3.8, 4) is 0 Å². The van der Waals surface area contributed by atoms with Gasteiger partial charge in [-0.1, -0.05) is 31.7 Å². The van der Waals surface area contributed by atoms with Gasteiger partial charge in [0.2, 0.25) is 5.91 Å². The van der Waals surface area contributed by atoms with E-state index in [1.54, 1.807) is 11.3 Å². The van der Waals surface area contributed by atoms with E-state index in [-0.39, 0.29) is 11.9 Å². The van der Waals surface area contributed by atoms with E-state index in [4.69, 9.17) is 5.73 Å². The van der Waals surface area contributed by atoms with Crippen molar-refractivity contribution in [3.05, 3.63) is 22.4 Å². The lowest BCUT2D eigenvalue weighted by Crippen LogP contribution is -2.39. The Balaban J connectivity index is 2.00. The van der Waals surface area contributed by atoms with Gasteiger partial charge < -0.3 is 5.73 Å². The molecule has 1 fully saturated rings. The Hall–Kier alpha value is -0.870. The van der Waals surface area contributed by atoms with Crippen LogP contribution in [0.15, 0.2) is 17.5 Å². The highest BCUT2D eigenvalue weighted by Gasteiger charge is 2.23. The predicted molar refractivity (Wildman–Crippen MR) is 70.9 cm³/mol. The standard InChI is InChI=1S/C13H20N2OS/c14-13(16)12(11-8-5-9-17-11)15-10-6-3-1-2-4-7-10/h5,8-10,12,15H,1-4,6-7H2,(H2,14,16). The maximum atomic E-state index is 11.5. The Morgan fingerprint density at radius 2 is 2.06 bits per heavy atom. The SMILES string of the molecule is NC(=O)C(NC1CCCCCC1)c1cccs1. The number of carbonyl (C=O) groups is 1. The van der Waals surface area contributed by atoms with Crippen LogP contribution in [0.4, 0.5) is 0 Å². The molecule has 1 amide bonds. The third-order valence-electron chi connectivity index (χ3n) is 3.37. The van der Waals surface area contributed by atoms with Crippen molar-refractivity contribution in [2.45, 2.75) is 50.6 Å². The molecule has 1 aliphatic rings. The van der Waals surface area contributed by atoms with Crippen LogP contribution in [0.5, 0.6) is 0 Å². The van der Waals surface area contributed by atoms with E-state index in [2.05, 4.69) is 5.32 Å². The molecule has 1 unspecified atom stereocenters. The van der Waals surface area contributed by atoms with Crippen molar-refractivity contribution in [1.82, 2.24) is 5.32 Å². The molecule has 1 heterocycles. The third-order valence-corrected chi connectivity index (χ3v) is 4.31. The van der Waals surface area contributed by atoms with E-state index >= 15 is 0 Å². The average Bonchev–Trinajstić information content (AvgIpc) is 2.70. The van der Waals surface area contributed by atoms with Crippen LogP contribution in [0.2, 0.25) is 0 Å². The van der Waals surface area contributed by atoms with Crippen LogP contribution < -0.4 is 11.1 Å². The zero-order valence-corrected chi connectivity index (χ0v) is 10.8. The summed E-state index contributed by atoms with van der Waals surface area (Å²) in [4.78, 5) is 12.6. The molecule has 17 heavy (non-hydrogen) atoms. The third kappa shape index (κ3) is 3.54. The van der Waals surface area contributed by atoms with Crippen LogP contribution >= 0.6 is 11.3 Å². The number of hydrogen-bond acceptors (Lipinski definition) is 3. The molecule has 3 N–H and O–H groups in total. The molecule has 1 aliphatic carbocycles. The van der Waals surface area contributed by atoms with Gasteiger partial charge in [-0.15, -0.1) is 11.3 Å². The molecule has 4 heteroatoms. The molecular weight excluding hydrogens is 232 g/mol. The fourth-order valence-corrected chi connectivity index (χ4v) is 3.23. The van der Waals surface area contributed by atoms with Gasteiger partial charge in [0.1, 0.15) is 6.04 Å². The molecular formula is C13H20N2OS. The summed E-state index contributed by atoms with van der Waals surface area (Å²) < 4.78 is 0. The summed E-state index contributed by atoms with van der Waals surface area (Å²) in [5.74, 6) is -0.267. The number of nitrogens with two attached hydrogens (primary N) is 1. The van der Waals surface area contributed by atoms with E-state index in [1.807, 2.05) is 17.5 Å². The Labute approximate surface area is 106 Å². The largest absolute Gasteiger partial charge is 0.368 e. The van der Waals surface area contributed by atoms with E-state index in [0.717, 1.165) is 17.7 Å². The minimum atomic E-state index is -0.307. The van der Waals surface area contributed by atoms with Gasteiger partial charge in [0.05, 0.1) is 0 Å². The molecule has 1 aromatic heterocycles. The lowest BCUT2D eigenvalue weighted by Gasteiger charge is -2.22. The summed E-state index contributed by atoms with van der Waals surface area (Å²) >= 11 is 1.59.